The minimum atomic E-state index is -0.266. The van der Waals surface area contributed by atoms with E-state index in [2.05, 4.69) is 29.2 Å². The third-order valence-electron chi connectivity index (χ3n) is 3.04. The normalized spacial score (nSPS) is 12.3. The van der Waals surface area contributed by atoms with Crippen LogP contribution in [0.5, 0.6) is 0 Å². The summed E-state index contributed by atoms with van der Waals surface area (Å²) < 4.78 is 0. The zero-order valence-corrected chi connectivity index (χ0v) is 10.5. The van der Waals surface area contributed by atoms with Crippen LogP contribution in [0.4, 0.5) is 0 Å². The number of pyridine rings is 1. The number of nitrogens with zero attached hydrogens (tertiary/aromatic N) is 1. The van der Waals surface area contributed by atoms with Crippen molar-refractivity contribution in [3.05, 3.63) is 66.0 Å². The average Bonchev–Trinajstić information content (AvgIpc) is 2.41. The van der Waals surface area contributed by atoms with Crippen LogP contribution in [0.2, 0.25) is 0 Å². The van der Waals surface area contributed by atoms with Crippen molar-refractivity contribution >= 4 is 0 Å². The second-order valence-electron chi connectivity index (χ2n) is 4.60. The summed E-state index contributed by atoms with van der Waals surface area (Å²) >= 11 is 0. The molecule has 1 aromatic heterocycles. The highest BCUT2D eigenvalue weighted by Gasteiger charge is 2.05. The fourth-order valence-corrected chi connectivity index (χ4v) is 2.08. The molecule has 0 spiro atoms. The van der Waals surface area contributed by atoms with Gasteiger partial charge in [-0.05, 0) is 42.9 Å². The molecule has 0 aliphatic carbocycles. The Morgan fingerprint density at radius 2 is 1.78 bits per heavy atom. The standard InChI is InChI=1S/C16H19NO/c18-16(12-15-9-5-11-17-13-15)10-4-8-14-6-2-1-3-7-14/h1-3,5-7,9,11,13,16,18H,4,8,10,12H2. The first-order chi connectivity index (χ1) is 8.84. The summed E-state index contributed by atoms with van der Waals surface area (Å²) in [4.78, 5) is 4.05. The van der Waals surface area contributed by atoms with E-state index >= 15 is 0 Å². The van der Waals surface area contributed by atoms with Gasteiger partial charge in [0, 0.05) is 12.4 Å². The molecule has 2 rings (SSSR count). The van der Waals surface area contributed by atoms with Crippen LogP contribution in [-0.4, -0.2) is 16.2 Å². The molecule has 0 saturated carbocycles. The first-order valence-electron chi connectivity index (χ1n) is 6.45. The molecule has 1 atom stereocenters. The highest BCUT2D eigenvalue weighted by atomic mass is 16.3. The van der Waals surface area contributed by atoms with Gasteiger partial charge in [-0.2, -0.15) is 0 Å². The molecule has 1 aromatic carbocycles. The quantitative estimate of drug-likeness (QED) is 0.843. The Morgan fingerprint density at radius 3 is 2.50 bits per heavy atom. The monoisotopic (exact) mass is 241 g/mol. The summed E-state index contributed by atoms with van der Waals surface area (Å²) in [6, 6.07) is 14.3. The molecule has 0 saturated heterocycles. The van der Waals surface area contributed by atoms with Gasteiger partial charge in [0.05, 0.1) is 6.10 Å². The molecule has 0 amide bonds. The van der Waals surface area contributed by atoms with Crippen molar-refractivity contribution in [3.63, 3.8) is 0 Å². The van der Waals surface area contributed by atoms with Gasteiger partial charge in [0.25, 0.3) is 0 Å². The molecule has 1 heterocycles. The highest BCUT2D eigenvalue weighted by Crippen LogP contribution is 2.10. The van der Waals surface area contributed by atoms with Gasteiger partial charge in [0.2, 0.25) is 0 Å². The smallest absolute Gasteiger partial charge is 0.0581 e. The number of aliphatic hydroxyl groups excluding tert-OH is 1. The largest absolute Gasteiger partial charge is 0.393 e. The van der Waals surface area contributed by atoms with Crippen LogP contribution in [0, 0.1) is 0 Å². The van der Waals surface area contributed by atoms with E-state index in [1.54, 1.807) is 6.20 Å². The Hall–Kier alpha value is -1.67. The average molecular weight is 241 g/mol. The molecule has 0 aliphatic rings. The number of hydrogen-bond acceptors (Lipinski definition) is 2. The molecule has 2 nitrogen and oxygen atoms in total. The molecule has 1 unspecified atom stereocenters. The fraction of sp³-hybridized carbons (Fsp3) is 0.312. The van der Waals surface area contributed by atoms with Crippen molar-refractivity contribution in [1.29, 1.82) is 0 Å². The second kappa shape index (κ2) is 6.92. The maximum atomic E-state index is 9.95. The number of hydrogen-bond donors (Lipinski definition) is 1. The maximum absolute atomic E-state index is 9.95. The van der Waals surface area contributed by atoms with E-state index in [-0.39, 0.29) is 6.10 Å². The summed E-state index contributed by atoms with van der Waals surface area (Å²) in [5.41, 5.74) is 2.44. The van der Waals surface area contributed by atoms with Gasteiger partial charge >= 0.3 is 0 Å². The first kappa shape index (κ1) is 12.8. The number of aryl methyl sites for hydroxylation is 1. The van der Waals surface area contributed by atoms with E-state index in [4.69, 9.17) is 0 Å². The molecule has 1 N–H and O–H groups in total. The number of rotatable bonds is 6. The minimum Gasteiger partial charge on any atom is -0.393 e. The van der Waals surface area contributed by atoms with Gasteiger partial charge in [0.1, 0.15) is 0 Å². The van der Waals surface area contributed by atoms with Crippen molar-refractivity contribution in [2.24, 2.45) is 0 Å². The molecule has 0 radical (unpaired) electrons. The van der Waals surface area contributed by atoms with Gasteiger partial charge < -0.3 is 5.11 Å². The SMILES string of the molecule is OC(CCCc1ccccc1)Cc1cccnc1. The lowest BCUT2D eigenvalue weighted by Crippen LogP contribution is -2.10. The minimum absolute atomic E-state index is 0.266. The van der Waals surface area contributed by atoms with E-state index in [0.717, 1.165) is 24.8 Å². The zero-order chi connectivity index (χ0) is 12.6. The van der Waals surface area contributed by atoms with Crippen molar-refractivity contribution < 1.29 is 5.11 Å². The Labute approximate surface area is 108 Å². The van der Waals surface area contributed by atoms with Crippen LogP contribution in [0.1, 0.15) is 24.0 Å². The lowest BCUT2D eigenvalue weighted by molar-refractivity contribution is 0.162. The van der Waals surface area contributed by atoms with Gasteiger partial charge in [-0.25, -0.2) is 0 Å². The van der Waals surface area contributed by atoms with Crippen molar-refractivity contribution in [2.75, 3.05) is 0 Å². The lowest BCUT2D eigenvalue weighted by atomic mass is 10.0. The van der Waals surface area contributed by atoms with Crippen molar-refractivity contribution in [3.8, 4) is 0 Å². The molecule has 0 fully saturated rings. The van der Waals surface area contributed by atoms with Crippen LogP contribution in [0.3, 0.4) is 0 Å². The summed E-state index contributed by atoms with van der Waals surface area (Å²) in [6.45, 7) is 0. The van der Waals surface area contributed by atoms with Crippen LogP contribution in [-0.2, 0) is 12.8 Å². The van der Waals surface area contributed by atoms with E-state index in [9.17, 15) is 5.11 Å². The van der Waals surface area contributed by atoms with E-state index in [0.29, 0.717) is 6.42 Å². The molecule has 0 bridgehead atoms. The first-order valence-corrected chi connectivity index (χ1v) is 6.45. The van der Waals surface area contributed by atoms with Crippen LogP contribution >= 0.6 is 0 Å². The van der Waals surface area contributed by atoms with Crippen LogP contribution in [0.25, 0.3) is 0 Å². The fourth-order valence-electron chi connectivity index (χ4n) is 2.08. The zero-order valence-electron chi connectivity index (χ0n) is 10.5. The topological polar surface area (TPSA) is 33.1 Å². The summed E-state index contributed by atoms with van der Waals surface area (Å²) in [6.07, 6.45) is 6.90. The molecule has 2 heteroatoms. The van der Waals surface area contributed by atoms with Gasteiger partial charge in [-0.3, -0.25) is 4.98 Å². The van der Waals surface area contributed by atoms with Crippen molar-refractivity contribution in [1.82, 2.24) is 4.98 Å². The Bertz CT molecular complexity index is 441. The van der Waals surface area contributed by atoms with Crippen molar-refractivity contribution in [2.45, 2.75) is 31.8 Å². The van der Waals surface area contributed by atoms with Gasteiger partial charge in [-0.1, -0.05) is 36.4 Å². The summed E-state index contributed by atoms with van der Waals surface area (Å²) in [5, 5.41) is 9.95. The predicted molar refractivity (Wildman–Crippen MR) is 73.3 cm³/mol. The van der Waals surface area contributed by atoms with Crippen LogP contribution in [0.15, 0.2) is 54.9 Å². The molecule has 18 heavy (non-hydrogen) atoms. The molecular formula is C16H19NO. The second-order valence-corrected chi connectivity index (χ2v) is 4.60. The van der Waals surface area contributed by atoms with E-state index < -0.39 is 0 Å². The molecule has 0 aliphatic heterocycles. The Balaban J connectivity index is 1.71. The number of benzene rings is 1. The third kappa shape index (κ3) is 4.30. The van der Waals surface area contributed by atoms with E-state index in [1.165, 1.54) is 5.56 Å². The Morgan fingerprint density at radius 1 is 1.00 bits per heavy atom. The predicted octanol–water partition coefficient (Wildman–Crippen LogP) is 3.01. The van der Waals surface area contributed by atoms with Gasteiger partial charge in [0.15, 0.2) is 0 Å². The lowest BCUT2D eigenvalue weighted by Gasteiger charge is -2.10. The number of aromatic nitrogens is 1. The summed E-state index contributed by atoms with van der Waals surface area (Å²) in [5.74, 6) is 0. The van der Waals surface area contributed by atoms with Crippen LogP contribution < -0.4 is 0 Å². The molecular weight excluding hydrogens is 222 g/mol. The third-order valence-corrected chi connectivity index (χ3v) is 3.04. The highest BCUT2D eigenvalue weighted by molar-refractivity contribution is 5.14. The molecule has 94 valence electrons. The maximum Gasteiger partial charge on any atom is 0.0581 e. The summed E-state index contributed by atoms with van der Waals surface area (Å²) in [7, 11) is 0. The Kier molecular flexibility index (Phi) is 4.91. The number of aliphatic hydroxyl groups is 1. The van der Waals surface area contributed by atoms with Gasteiger partial charge in [-0.15, -0.1) is 0 Å². The van der Waals surface area contributed by atoms with E-state index in [1.807, 2.05) is 24.4 Å². The molecule has 2 aromatic rings.